The van der Waals surface area contributed by atoms with Gasteiger partial charge in [0.1, 0.15) is 5.58 Å². The second kappa shape index (κ2) is 7.84. The minimum atomic E-state index is -0.459. The Kier molecular flexibility index (Phi) is 5.09. The summed E-state index contributed by atoms with van der Waals surface area (Å²) in [6, 6.07) is 13.7. The highest BCUT2D eigenvalue weighted by Gasteiger charge is 2.12. The number of anilines is 1. The minimum absolute atomic E-state index is 0.174. The van der Waals surface area contributed by atoms with E-state index >= 15 is 0 Å². The maximum absolute atomic E-state index is 13.9. The zero-order valence-corrected chi connectivity index (χ0v) is 16.4. The number of hydrogen-bond acceptors (Lipinski definition) is 7. The normalized spacial score (nSPS) is 11.6. The standard InChI is InChI=1S/C21H16FN3O3S/c1-12(13-7-8-19(27-2)16(22)10-13)24-25-21-23-17(11-29-21)15-9-14-5-3-4-6-18(14)28-20(15)26/h3-11H,1-2H3,(H,23,25)/b24-12+. The van der Waals surface area contributed by atoms with E-state index < -0.39 is 11.4 Å². The largest absolute Gasteiger partial charge is 0.494 e. The van der Waals surface area contributed by atoms with E-state index in [-0.39, 0.29) is 5.75 Å². The Balaban J connectivity index is 1.57. The lowest BCUT2D eigenvalue weighted by molar-refractivity contribution is 0.386. The van der Waals surface area contributed by atoms with E-state index in [4.69, 9.17) is 9.15 Å². The maximum Gasteiger partial charge on any atom is 0.345 e. The average Bonchev–Trinajstić information content (AvgIpc) is 3.20. The van der Waals surface area contributed by atoms with Crippen molar-refractivity contribution in [1.29, 1.82) is 0 Å². The first-order chi connectivity index (χ1) is 14.0. The van der Waals surface area contributed by atoms with Crippen LogP contribution < -0.4 is 15.8 Å². The molecule has 0 aliphatic heterocycles. The summed E-state index contributed by atoms with van der Waals surface area (Å²) >= 11 is 1.30. The van der Waals surface area contributed by atoms with Gasteiger partial charge in [-0.2, -0.15) is 5.10 Å². The molecule has 2 aromatic carbocycles. The third-order valence-corrected chi connectivity index (χ3v) is 5.06. The van der Waals surface area contributed by atoms with Crippen molar-refractivity contribution in [2.24, 2.45) is 5.10 Å². The molecule has 0 unspecified atom stereocenters. The van der Waals surface area contributed by atoms with Gasteiger partial charge >= 0.3 is 5.63 Å². The lowest BCUT2D eigenvalue weighted by Gasteiger charge is -2.05. The van der Waals surface area contributed by atoms with E-state index in [0.717, 1.165) is 5.39 Å². The summed E-state index contributed by atoms with van der Waals surface area (Å²) in [5, 5.41) is 7.32. The van der Waals surface area contributed by atoms with Gasteiger partial charge in [-0.05, 0) is 37.3 Å². The molecule has 0 fully saturated rings. The van der Waals surface area contributed by atoms with Crippen molar-refractivity contribution in [3.05, 3.63) is 75.7 Å². The molecule has 4 aromatic rings. The fourth-order valence-corrected chi connectivity index (χ4v) is 3.43. The third kappa shape index (κ3) is 3.88. The van der Waals surface area contributed by atoms with Crippen LogP contribution in [0.2, 0.25) is 0 Å². The Morgan fingerprint density at radius 2 is 2.07 bits per heavy atom. The molecule has 2 heterocycles. The van der Waals surface area contributed by atoms with Crippen LogP contribution in [0.5, 0.6) is 5.75 Å². The number of nitrogens with zero attached hydrogens (tertiary/aromatic N) is 2. The molecule has 8 heteroatoms. The SMILES string of the molecule is COc1ccc(/C(C)=N/Nc2nc(-c3cc4ccccc4oc3=O)cs2)cc1F. The molecule has 0 aliphatic rings. The summed E-state index contributed by atoms with van der Waals surface area (Å²) in [6.07, 6.45) is 0. The summed E-state index contributed by atoms with van der Waals surface area (Å²) in [5.74, 6) is -0.285. The highest BCUT2D eigenvalue weighted by atomic mass is 32.1. The van der Waals surface area contributed by atoms with E-state index in [9.17, 15) is 9.18 Å². The van der Waals surface area contributed by atoms with Gasteiger partial charge in [-0.1, -0.05) is 18.2 Å². The lowest BCUT2D eigenvalue weighted by Crippen LogP contribution is -2.03. The van der Waals surface area contributed by atoms with Gasteiger partial charge in [-0.25, -0.2) is 14.2 Å². The number of halogens is 1. The number of aromatic nitrogens is 1. The van der Waals surface area contributed by atoms with E-state index in [1.54, 1.807) is 36.6 Å². The molecule has 0 amide bonds. The topological polar surface area (TPSA) is 76.7 Å². The van der Waals surface area contributed by atoms with Crippen LogP contribution in [0, 0.1) is 5.82 Å². The van der Waals surface area contributed by atoms with Crippen LogP contribution in [0.25, 0.3) is 22.2 Å². The van der Waals surface area contributed by atoms with Crippen molar-refractivity contribution in [2.45, 2.75) is 6.92 Å². The maximum atomic E-state index is 13.9. The molecule has 0 atom stereocenters. The van der Waals surface area contributed by atoms with Crippen molar-refractivity contribution in [3.63, 3.8) is 0 Å². The number of methoxy groups -OCH3 is 1. The van der Waals surface area contributed by atoms with Gasteiger partial charge < -0.3 is 9.15 Å². The highest BCUT2D eigenvalue weighted by molar-refractivity contribution is 7.14. The smallest absolute Gasteiger partial charge is 0.345 e. The van der Waals surface area contributed by atoms with Crippen molar-refractivity contribution >= 4 is 33.1 Å². The van der Waals surface area contributed by atoms with Crippen molar-refractivity contribution in [2.75, 3.05) is 12.5 Å². The molecule has 0 saturated carbocycles. The van der Waals surface area contributed by atoms with Crippen LogP contribution in [-0.4, -0.2) is 17.8 Å². The van der Waals surface area contributed by atoms with Crippen molar-refractivity contribution in [1.82, 2.24) is 4.98 Å². The number of benzene rings is 2. The average molecular weight is 409 g/mol. The van der Waals surface area contributed by atoms with Gasteiger partial charge in [0.25, 0.3) is 0 Å². The fourth-order valence-electron chi connectivity index (χ4n) is 2.78. The molecular weight excluding hydrogens is 393 g/mol. The fraction of sp³-hybridized carbons (Fsp3) is 0.0952. The molecule has 0 radical (unpaired) electrons. The van der Waals surface area contributed by atoms with Crippen molar-refractivity contribution in [3.8, 4) is 17.0 Å². The molecule has 0 bridgehead atoms. The van der Waals surface area contributed by atoms with Gasteiger partial charge in [0.15, 0.2) is 11.6 Å². The summed E-state index contributed by atoms with van der Waals surface area (Å²) in [6.45, 7) is 1.75. The number of ether oxygens (including phenoxy) is 1. The molecule has 0 spiro atoms. The van der Waals surface area contributed by atoms with E-state index in [1.165, 1.54) is 24.5 Å². The van der Waals surface area contributed by atoms with Crippen LogP contribution >= 0.6 is 11.3 Å². The second-order valence-corrected chi connectivity index (χ2v) is 7.04. The molecule has 1 N–H and O–H groups in total. The Morgan fingerprint density at radius 3 is 2.86 bits per heavy atom. The monoisotopic (exact) mass is 409 g/mol. The minimum Gasteiger partial charge on any atom is -0.494 e. The van der Waals surface area contributed by atoms with Gasteiger partial charge in [0.05, 0.1) is 24.1 Å². The van der Waals surface area contributed by atoms with E-state index in [2.05, 4.69) is 15.5 Å². The lowest BCUT2D eigenvalue weighted by atomic mass is 10.1. The number of thiazole rings is 1. The van der Waals surface area contributed by atoms with Crippen LogP contribution in [0.1, 0.15) is 12.5 Å². The van der Waals surface area contributed by atoms with Crippen LogP contribution in [-0.2, 0) is 0 Å². The van der Waals surface area contributed by atoms with Crippen LogP contribution in [0.15, 0.2) is 68.2 Å². The van der Waals surface area contributed by atoms with Gasteiger partial charge in [-0.15, -0.1) is 11.3 Å². The third-order valence-electron chi connectivity index (χ3n) is 4.31. The quantitative estimate of drug-likeness (QED) is 0.288. The highest BCUT2D eigenvalue weighted by Crippen LogP contribution is 2.25. The van der Waals surface area contributed by atoms with E-state index in [1.807, 2.05) is 18.2 Å². The number of hydrogen-bond donors (Lipinski definition) is 1. The summed E-state index contributed by atoms with van der Waals surface area (Å²) in [7, 11) is 1.41. The summed E-state index contributed by atoms with van der Waals surface area (Å²) in [5.41, 5.74) is 5.00. The Morgan fingerprint density at radius 1 is 1.24 bits per heavy atom. The van der Waals surface area contributed by atoms with Crippen molar-refractivity contribution < 1.29 is 13.5 Å². The molecule has 0 saturated heterocycles. The van der Waals surface area contributed by atoms with E-state index in [0.29, 0.717) is 33.2 Å². The number of rotatable bonds is 5. The predicted octanol–water partition coefficient (Wildman–Crippen LogP) is 4.90. The molecule has 0 aliphatic carbocycles. The Bertz CT molecular complexity index is 1280. The Hall–Kier alpha value is -3.52. The molecule has 2 aromatic heterocycles. The van der Waals surface area contributed by atoms with Crippen LogP contribution in [0.3, 0.4) is 0 Å². The van der Waals surface area contributed by atoms with Crippen LogP contribution in [0.4, 0.5) is 9.52 Å². The first-order valence-corrected chi connectivity index (χ1v) is 9.56. The first kappa shape index (κ1) is 18.8. The molecule has 146 valence electrons. The summed E-state index contributed by atoms with van der Waals surface area (Å²) < 4.78 is 24.1. The van der Waals surface area contributed by atoms with Gasteiger partial charge in [-0.3, -0.25) is 5.43 Å². The zero-order valence-electron chi connectivity index (χ0n) is 15.6. The zero-order chi connectivity index (χ0) is 20.4. The number of fused-ring (bicyclic) bond motifs is 1. The number of hydrazone groups is 1. The summed E-state index contributed by atoms with van der Waals surface area (Å²) in [4.78, 5) is 16.7. The predicted molar refractivity (Wildman–Crippen MR) is 112 cm³/mol. The molecular formula is C21H16FN3O3S. The second-order valence-electron chi connectivity index (χ2n) is 6.18. The first-order valence-electron chi connectivity index (χ1n) is 8.68. The number of para-hydroxylation sites is 1. The molecule has 6 nitrogen and oxygen atoms in total. The van der Waals surface area contributed by atoms with Gasteiger partial charge in [0.2, 0.25) is 5.13 Å². The van der Waals surface area contributed by atoms with Gasteiger partial charge in [0, 0.05) is 16.3 Å². The Labute approximate surface area is 169 Å². The molecule has 29 heavy (non-hydrogen) atoms. The molecule has 4 rings (SSSR count). The number of nitrogens with one attached hydrogen (secondary N) is 1.